The van der Waals surface area contributed by atoms with E-state index in [2.05, 4.69) is 0 Å². The Morgan fingerprint density at radius 2 is 2.24 bits per heavy atom. The van der Waals surface area contributed by atoms with Crippen molar-refractivity contribution < 1.29 is 9.53 Å². The first kappa shape index (κ1) is 12.5. The van der Waals surface area contributed by atoms with Gasteiger partial charge in [0.25, 0.3) is 5.91 Å². The van der Waals surface area contributed by atoms with Crippen LogP contribution in [0.15, 0.2) is 18.2 Å². The van der Waals surface area contributed by atoms with Crippen molar-refractivity contribution in [2.75, 3.05) is 11.5 Å². The standard InChI is InChI=1S/C12H13Cl2NO2/c1-7-3-4-10-9(5-7)15(8(2)6-17-10)12(16)11(13)14/h3-5,8,11H,6H2,1-2H3. The fourth-order valence-electron chi connectivity index (χ4n) is 1.90. The second kappa shape index (κ2) is 4.75. The number of fused-ring (bicyclic) bond motifs is 1. The van der Waals surface area contributed by atoms with Crippen LogP contribution < -0.4 is 9.64 Å². The van der Waals surface area contributed by atoms with Crippen LogP contribution in [0.5, 0.6) is 5.75 Å². The number of alkyl halides is 2. The molecule has 1 unspecified atom stereocenters. The number of hydrogen-bond acceptors (Lipinski definition) is 2. The van der Waals surface area contributed by atoms with Gasteiger partial charge >= 0.3 is 0 Å². The molecule has 0 bridgehead atoms. The molecule has 92 valence electrons. The molecule has 0 fully saturated rings. The van der Waals surface area contributed by atoms with Crippen LogP contribution in [0.2, 0.25) is 0 Å². The third kappa shape index (κ3) is 2.35. The molecule has 5 heteroatoms. The Labute approximate surface area is 110 Å². The van der Waals surface area contributed by atoms with Gasteiger partial charge in [-0.2, -0.15) is 0 Å². The van der Waals surface area contributed by atoms with E-state index in [0.717, 1.165) is 11.3 Å². The molecule has 1 amide bonds. The van der Waals surface area contributed by atoms with Crippen LogP contribution in [-0.4, -0.2) is 23.4 Å². The van der Waals surface area contributed by atoms with Gasteiger partial charge in [-0.25, -0.2) is 0 Å². The molecule has 0 saturated heterocycles. The van der Waals surface area contributed by atoms with Gasteiger partial charge in [0, 0.05) is 0 Å². The zero-order valence-electron chi connectivity index (χ0n) is 9.61. The number of anilines is 1. The minimum Gasteiger partial charge on any atom is -0.489 e. The van der Waals surface area contributed by atoms with E-state index in [1.165, 1.54) is 0 Å². The largest absolute Gasteiger partial charge is 0.489 e. The number of benzene rings is 1. The highest BCUT2D eigenvalue weighted by molar-refractivity contribution is 6.54. The van der Waals surface area contributed by atoms with Gasteiger partial charge in [-0.3, -0.25) is 4.79 Å². The van der Waals surface area contributed by atoms with E-state index in [1.807, 2.05) is 32.0 Å². The molecule has 0 N–H and O–H groups in total. The fourth-order valence-corrected chi connectivity index (χ4v) is 2.11. The second-order valence-corrected chi connectivity index (χ2v) is 5.24. The van der Waals surface area contributed by atoms with Crippen LogP contribution in [0.25, 0.3) is 0 Å². The number of carbonyl (C=O) groups excluding carboxylic acids is 1. The van der Waals surface area contributed by atoms with Gasteiger partial charge in [-0.05, 0) is 31.5 Å². The predicted molar refractivity (Wildman–Crippen MR) is 69.1 cm³/mol. The molecule has 3 nitrogen and oxygen atoms in total. The quantitative estimate of drug-likeness (QED) is 0.737. The summed E-state index contributed by atoms with van der Waals surface area (Å²) in [5.74, 6) is 0.381. The van der Waals surface area contributed by atoms with E-state index in [-0.39, 0.29) is 11.9 Å². The monoisotopic (exact) mass is 273 g/mol. The van der Waals surface area contributed by atoms with Crippen molar-refractivity contribution in [2.45, 2.75) is 24.7 Å². The zero-order valence-corrected chi connectivity index (χ0v) is 11.1. The fraction of sp³-hybridized carbons (Fsp3) is 0.417. The summed E-state index contributed by atoms with van der Waals surface area (Å²) < 4.78 is 5.57. The summed E-state index contributed by atoms with van der Waals surface area (Å²) in [6, 6.07) is 5.63. The van der Waals surface area contributed by atoms with Gasteiger partial charge in [0.2, 0.25) is 0 Å². The van der Waals surface area contributed by atoms with E-state index >= 15 is 0 Å². The van der Waals surface area contributed by atoms with E-state index in [1.54, 1.807) is 4.90 Å². The molecule has 0 aliphatic carbocycles. The Kier molecular flexibility index (Phi) is 3.50. The minimum atomic E-state index is -1.05. The lowest BCUT2D eigenvalue weighted by molar-refractivity contribution is -0.117. The Morgan fingerprint density at radius 3 is 2.88 bits per heavy atom. The minimum absolute atomic E-state index is 0.0724. The first-order chi connectivity index (χ1) is 8.00. The van der Waals surface area contributed by atoms with Crippen molar-refractivity contribution in [1.29, 1.82) is 0 Å². The third-order valence-corrected chi connectivity index (χ3v) is 3.09. The van der Waals surface area contributed by atoms with E-state index in [9.17, 15) is 4.79 Å². The highest BCUT2D eigenvalue weighted by Crippen LogP contribution is 2.35. The summed E-state index contributed by atoms with van der Waals surface area (Å²) in [7, 11) is 0. The van der Waals surface area contributed by atoms with Gasteiger partial charge < -0.3 is 9.64 Å². The number of rotatable bonds is 1. The maximum absolute atomic E-state index is 12.0. The van der Waals surface area contributed by atoms with Crippen molar-refractivity contribution in [3.05, 3.63) is 23.8 Å². The number of carbonyl (C=O) groups is 1. The molecule has 1 atom stereocenters. The lowest BCUT2D eigenvalue weighted by atomic mass is 10.1. The van der Waals surface area contributed by atoms with Crippen LogP contribution >= 0.6 is 23.2 Å². The van der Waals surface area contributed by atoms with Gasteiger partial charge in [0.05, 0.1) is 11.7 Å². The Morgan fingerprint density at radius 1 is 1.53 bits per heavy atom. The number of amides is 1. The number of halogens is 2. The molecular formula is C12H13Cl2NO2. The van der Waals surface area contributed by atoms with Crippen LogP contribution in [0, 0.1) is 6.92 Å². The predicted octanol–water partition coefficient (Wildman–Crippen LogP) is 2.91. The van der Waals surface area contributed by atoms with Crippen LogP contribution in [0.4, 0.5) is 5.69 Å². The molecule has 1 aliphatic rings. The Bertz CT molecular complexity index is 448. The lowest BCUT2D eigenvalue weighted by Gasteiger charge is -2.35. The molecule has 17 heavy (non-hydrogen) atoms. The average molecular weight is 274 g/mol. The lowest BCUT2D eigenvalue weighted by Crippen LogP contribution is -2.47. The summed E-state index contributed by atoms with van der Waals surface area (Å²) in [5, 5.41) is 0. The number of hydrogen-bond donors (Lipinski definition) is 0. The molecule has 0 saturated carbocycles. The Balaban J connectivity index is 2.45. The van der Waals surface area contributed by atoms with Gasteiger partial charge in [-0.15, -0.1) is 0 Å². The molecule has 1 aromatic carbocycles. The van der Waals surface area contributed by atoms with E-state index in [4.69, 9.17) is 27.9 Å². The van der Waals surface area contributed by atoms with Crippen molar-refractivity contribution in [2.24, 2.45) is 0 Å². The topological polar surface area (TPSA) is 29.5 Å². The first-order valence-corrected chi connectivity index (χ1v) is 6.22. The maximum atomic E-state index is 12.0. The summed E-state index contributed by atoms with van der Waals surface area (Å²) in [5.41, 5.74) is 1.79. The van der Waals surface area contributed by atoms with Crippen LogP contribution in [0.1, 0.15) is 12.5 Å². The molecule has 2 rings (SSSR count). The van der Waals surface area contributed by atoms with Gasteiger partial charge in [-0.1, -0.05) is 29.3 Å². The number of ether oxygens (including phenoxy) is 1. The van der Waals surface area contributed by atoms with Gasteiger partial charge in [0.1, 0.15) is 12.4 Å². The SMILES string of the molecule is Cc1ccc2c(c1)N(C(=O)C(Cl)Cl)C(C)CO2. The normalized spacial score (nSPS) is 18.9. The van der Waals surface area contributed by atoms with Crippen LogP contribution in [-0.2, 0) is 4.79 Å². The van der Waals surface area contributed by atoms with Crippen molar-refractivity contribution in [1.82, 2.24) is 0 Å². The van der Waals surface area contributed by atoms with Gasteiger partial charge in [0.15, 0.2) is 4.84 Å². The maximum Gasteiger partial charge on any atom is 0.260 e. The molecule has 1 aliphatic heterocycles. The number of nitrogens with zero attached hydrogens (tertiary/aromatic N) is 1. The summed E-state index contributed by atoms with van der Waals surface area (Å²) >= 11 is 11.3. The molecule has 1 aromatic rings. The highest BCUT2D eigenvalue weighted by atomic mass is 35.5. The molecular weight excluding hydrogens is 261 g/mol. The number of aryl methyl sites for hydroxylation is 1. The second-order valence-electron chi connectivity index (χ2n) is 4.14. The molecule has 0 aromatic heterocycles. The van der Waals surface area contributed by atoms with Crippen LogP contribution in [0.3, 0.4) is 0 Å². The highest BCUT2D eigenvalue weighted by Gasteiger charge is 2.32. The van der Waals surface area contributed by atoms with Crippen molar-refractivity contribution in [3.8, 4) is 5.75 Å². The zero-order chi connectivity index (χ0) is 12.6. The smallest absolute Gasteiger partial charge is 0.260 e. The van der Waals surface area contributed by atoms with E-state index < -0.39 is 4.84 Å². The molecule has 0 spiro atoms. The summed E-state index contributed by atoms with van der Waals surface area (Å²) in [6.45, 7) is 4.31. The van der Waals surface area contributed by atoms with E-state index in [0.29, 0.717) is 12.4 Å². The third-order valence-electron chi connectivity index (χ3n) is 2.72. The summed E-state index contributed by atoms with van der Waals surface area (Å²) in [6.07, 6.45) is 0. The first-order valence-electron chi connectivity index (χ1n) is 5.35. The summed E-state index contributed by atoms with van der Waals surface area (Å²) in [4.78, 5) is 12.5. The van der Waals surface area contributed by atoms with Crippen molar-refractivity contribution in [3.63, 3.8) is 0 Å². The Hall–Kier alpha value is -0.930. The molecule has 1 heterocycles. The average Bonchev–Trinajstić information content (AvgIpc) is 2.27. The molecule has 0 radical (unpaired) electrons. The van der Waals surface area contributed by atoms with Crippen molar-refractivity contribution >= 4 is 34.8 Å².